The predicted octanol–water partition coefficient (Wildman–Crippen LogP) is 1.40. The van der Waals surface area contributed by atoms with E-state index >= 15 is 0 Å². The lowest BCUT2D eigenvalue weighted by atomic mass is 9.92. The highest BCUT2D eigenvalue weighted by molar-refractivity contribution is 5.96. The maximum atomic E-state index is 13.0. The molecule has 2 aliphatic heterocycles. The third-order valence-corrected chi connectivity index (χ3v) is 6.07. The minimum atomic E-state index is -0.175. The van der Waals surface area contributed by atoms with Gasteiger partial charge in [-0.25, -0.2) is 0 Å². The van der Waals surface area contributed by atoms with Crippen LogP contribution in [-0.4, -0.2) is 77.8 Å². The summed E-state index contributed by atoms with van der Waals surface area (Å²) in [4.78, 5) is 46.0. The second-order valence-electron chi connectivity index (χ2n) is 8.30. The number of rotatable bonds is 4. The molecule has 2 aliphatic rings. The molecule has 7 nitrogen and oxygen atoms in total. The molecule has 3 heterocycles. The number of aromatic amines is 1. The van der Waals surface area contributed by atoms with E-state index in [4.69, 9.17) is 0 Å². The Morgan fingerprint density at radius 3 is 2.50 bits per heavy atom. The summed E-state index contributed by atoms with van der Waals surface area (Å²) < 4.78 is 0. The number of aryl methyl sites for hydroxylation is 2. The van der Waals surface area contributed by atoms with Gasteiger partial charge in [-0.2, -0.15) is 0 Å². The van der Waals surface area contributed by atoms with Crippen LogP contribution in [0.4, 0.5) is 0 Å². The van der Waals surface area contributed by atoms with E-state index in [-0.39, 0.29) is 17.4 Å². The summed E-state index contributed by atoms with van der Waals surface area (Å²) >= 11 is 0. The highest BCUT2D eigenvalue weighted by Gasteiger charge is 2.27. The molecule has 1 N–H and O–H groups in total. The summed E-state index contributed by atoms with van der Waals surface area (Å²) in [6.07, 6.45) is 3.41. The highest BCUT2D eigenvalue weighted by atomic mass is 16.2. The van der Waals surface area contributed by atoms with Crippen molar-refractivity contribution < 1.29 is 9.59 Å². The Morgan fingerprint density at radius 2 is 1.82 bits per heavy atom. The van der Waals surface area contributed by atoms with Gasteiger partial charge in [0.2, 0.25) is 11.5 Å². The van der Waals surface area contributed by atoms with E-state index in [9.17, 15) is 14.4 Å². The molecule has 154 valence electrons. The predicted molar refractivity (Wildman–Crippen MR) is 108 cm³/mol. The number of hydrogen-bond donors (Lipinski definition) is 1. The molecule has 1 atom stereocenters. The van der Waals surface area contributed by atoms with Crippen molar-refractivity contribution in [3.8, 4) is 0 Å². The van der Waals surface area contributed by atoms with Crippen molar-refractivity contribution in [3.63, 3.8) is 0 Å². The van der Waals surface area contributed by atoms with E-state index in [0.717, 1.165) is 57.5 Å². The molecule has 2 saturated heterocycles. The number of hydrogen-bond acceptors (Lipinski definition) is 4. The SMILES string of the molecule is Cc1cc(=O)[nH]c(C)c1C(=O)N1CCCC(CCC(=O)N2CCN(C)CC2)C1. The summed E-state index contributed by atoms with van der Waals surface area (Å²) in [5, 5.41) is 0. The van der Waals surface area contributed by atoms with Gasteiger partial charge in [-0.05, 0) is 51.6 Å². The Bertz CT molecular complexity index is 754. The molecule has 0 aliphatic carbocycles. The maximum Gasteiger partial charge on any atom is 0.255 e. The summed E-state index contributed by atoms with van der Waals surface area (Å²) in [6, 6.07) is 1.48. The van der Waals surface area contributed by atoms with Gasteiger partial charge >= 0.3 is 0 Å². The first kappa shape index (κ1) is 20.6. The Kier molecular flexibility index (Phi) is 6.54. The van der Waals surface area contributed by atoms with Crippen molar-refractivity contribution in [2.75, 3.05) is 46.3 Å². The highest BCUT2D eigenvalue weighted by Crippen LogP contribution is 2.24. The van der Waals surface area contributed by atoms with E-state index in [0.29, 0.717) is 30.1 Å². The van der Waals surface area contributed by atoms with E-state index < -0.39 is 0 Å². The van der Waals surface area contributed by atoms with Crippen molar-refractivity contribution in [2.24, 2.45) is 5.92 Å². The molecule has 28 heavy (non-hydrogen) atoms. The van der Waals surface area contributed by atoms with Gasteiger partial charge in [0.25, 0.3) is 5.91 Å². The van der Waals surface area contributed by atoms with Crippen LogP contribution in [0.1, 0.15) is 47.3 Å². The molecule has 3 rings (SSSR count). The number of carbonyl (C=O) groups excluding carboxylic acids is 2. The van der Waals surface area contributed by atoms with Crippen molar-refractivity contribution in [3.05, 3.63) is 33.2 Å². The molecular formula is C21H32N4O3. The first-order chi connectivity index (χ1) is 13.3. The number of aromatic nitrogens is 1. The number of H-pyrrole nitrogens is 1. The average Bonchev–Trinajstić information content (AvgIpc) is 2.66. The second-order valence-corrected chi connectivity index (χ2v) is 8.30. The van der Waals surface area contributed by atoms with Gasteiger partial charge in [-0.1, -0.05) is 0 Å². The van der Waals surface area contributed by atoms with Gasteiger partial charge in [0.1, 0.15) is 0 Å². The van der Waals surface area contributed by atoms with Crippen LogP contribution in [0.2, 0.25) is 0 Å². The normalized spacial score (nSPS) is 21.0. The lowest BCUT2D eigenvalue weighted by molar-refractivity contribution is -0.133. The van der Waals surface area contributed by atoms with E-state index in [1.165, 1.54) is 6.07 Å². The minimum absolute atomic E-state index is 0.0126. The Morgan fingerprint density at radius 1 is 1.11 bits per heavy atom. The molecule has 0 bridgehead atoms. The van der Waals surface area contributed by atoms with Crippen LogP contribution in [-0.2, 0) is 4.79 Å². The molecule has 0 spiro atoms. The fraction of sp³-hybridized carbons (Fsp3) is 0.667. The van der Waals surface area contributed by atoms with Gasteiger partial charge in [-0.3, -0.25) is 14.4 Å². The molecular weight excluding hydrogens is 356 g/mol. The lowest BCUT2D eigenvalue weighted by Crippen LogP contribution is -2.47. The topological polar surface area (TPSA) is 76.7 Å². The number of likely N-dealkylation sites (tertiary alicyclic amines) is 1. The quantitative estimate of drug-likeness (QED) is 0.846. The number of amides is 2. The summed E-state index contributed by atoms with van der Waals surface area (Å²) in [7, 11) is 2.08. The molecule has 1 aromatic rings. The van der Waals surface area contributed by atoms with Crippen LogP contribution in [0.25, 0.3) is 0 Å². The summed E-state index contributed by atoms with van der Waals surface area (Å²) in [5.41, 5.74) is 1.78. The zero-order valence-electron chi connectivity index (χ0n) is 17.3. The number of nitrogens with zero attached hydrogens (tertiary/aromatic N) is 3. The zero-order chi connectivity index (χ0) is 20.3. The smallest absolute Gasteiger partial charge is 0.255 e. The third-order valence-electron chi connectivity index (χ3n) is 6.07. The minimum Gasteiger partial charge on any atom is -0.340 e. The van der Waals surface area contributed by atoms with Gasteiger partial charge in [0, 0.05) is 57.4 Å². The maximum absolute atomic E-state index is 13.0. The number of likely N-dealkylation sites (N-methyl/N-ethyl adjacent to an activating group) is 1. The van der Waals surface area contributed by atoms with Crippen LogP contribution in [0, 0.1) is 19.8 Å². The number of carbonyl (C=O) groups is 2. The number of piperazine rings is 1. The molecule has 0 saturated carbocycles. The van der Waals surface area contributed by atoms with Crippen molar-refractivity contribution in [2.45, 2.75) is 39.5 Å². The fourth-order valence-corrected chi connectivity index (χ4v) is 4.36. The van der Waals surface area contributed by atoms with Crippen LogP contribution < -0.4 is 5.56 Å². The van der Waals surface area contributed by atoms with Crippen LogP contribution >= 0.6 is 0 Å². The monoisotopic (exact) mass is 388 g/mol. The molecule has 1 unspecified atom stereocenters. The summed E-state index contributed by atoms with van der Waals surface area (Å²) in [6.45, 7) is 8.52. The average molecular weight is 389 g/mol. The van der Waals surface area contributed by atoms with Gasteiger partial charge in [0.15, 0.2) is 0 Å². The number of nitrogens with one attached hydrogen (secondary N) is 1. The Balaban J connectivity index is 1.56. The largest absolute Gasteiger partial charge is 0.340 e. The first-order valence-electron chi connectivity index (χ1n) is 10.3. The van der Waals surface area contributed by atoms with Gasteiger partial charge in [-0.15, -0.1) is 0 Å². The van der Waals surface area contributed by atoms with Gasteiger partial charge < -0.3 is 19.7 Å². The van der Waals surface area contributed by atoms with Crippen molar-refractivity contribution in [1.29, 1.82) is 0 Å². The first-order valence-corrected chi connectivity index (χ1v) is 10.3. The lowest BCUT2D eigenvalue weighted by Gasteiger charge is -2.35. The van der Waals surface area contributed by atoms with E-state index in [2.05, 4.69) is 16.9 Å². The van der Waals surface area contributed by atoms with E-state index in [1.807, 2.05) is 16.7 Å². The molecule has 0 radical (unpaired) electrons. The molecule has 1 aromatic heterocycles. The van der Waals surface area contributed by atoms with Crippen molar-refractivity contribution in [1.82, 2.24) is 19.7 Å². The standard InChI is InChI=1S/C21H32N4O3/c1-15-13-18(26)22-16(2)20(15)21(28)25-8-4-5-17(14-25)6-7-19(27)24-11-9-23(3)10-12-24/h13,17H,4-12,14H2,1-3H3,(H,22,26). The van der Waals surface area contributed by atoms with Crippen molar-refractivity contribution >= 4 is 11.8 Å². The van der Waals surface area contributed by atoms with E-state index in [1.54, 1.807) is 6.92 Å². The molecule has 2 fully saturated rings. The molecule has 0 aromatic carbocycles. The number of pyridine rings is 1. The third kappa shape index (κ3) is 4.82. The summed E-state index contributed by atoms with van der Waals surface area (Å²) in [5.74, 6) is 0.586. The van der Waals surface area contributed by atoms with Crippen LogP contribution in [0.5, 0.6) is 0 Å². The number of piperidine rings is 1. The molecule has 2 amide bonds. The van der Waals surface area contributed by atoms with Crippen LogP contribution in [0.3, 0.4) is 0 Å². The molecule has 7 heteroatoms. The zero-order valence-corrected chi connectivity index (χ0v) is 17.3. The van der Waals surface area contributed by atoms with Crippen LogP contribution in [0.15, 0.2) is 10.9 Å². The Hall–Kier alpha value is -2.15. The second kappa shape index (κ2) is 8.90. The fourth-order valence-electron chi connectivity index (χ4n) is 4.36. The van der Waals surface area contributed by atoms with Gasteiger partial charge in [0.05, 0.1) is 5.56 Å². The Labute approximate surface area is 166 Å².